The number of halogens is 1. The minimum absolute atomic E-state index is 0.0887. The molecule has 0 atom stereocenters. The largest absolute Gasteiger partial charge is 0.324 e. The first kappa shape index (κ1) is 13.8. The fraction of sp³-hybridized carbons (Fsp3) is 0.176. The summed E-state index contributed by atoms with van der Waals surface area (Å²) in [6.45, 7) is 2.20. The molecule has 0 saturated carbocycles. The van der Waals surface area contributed by atoms with Crippen molar-refractivity contribution in [3.05, 3.63) is 64.2 Å². The molecule has 0 bridgehead atoms. The zero-order valence-corrected chi connectivity index (χ0v) is 12.4. The second kappa shape index (κ2) is 5.70. The fourth-order valence-corrected chi connectivity index (χ4v) is 2.73. The molecule has 2 aromatic carbocycles. The molecule has 0 saturated heterocycles. The lowest BCUT2D eigenvalue weighted by Crippen LogP contribution is -2.14. The fourth-order valence-electron chi connectivity index (χ4n) is 2.54. The van der Waals surface area contributed by atoms with Gasteiger partial charge in [-0.05, 0) is 24.1 Å². The molecule has 0 spiro atoms. The Labute approximate surface area is 128 Å². The Bertz CT molecular complexity index is 737. The highest BCUT2D eigenvalue weighted by atomic mass is 35.5. The SMILES string of the molecule is CCc1cccc2c1NC(=O)CN=C2c1cccc(Cl)c1. The van der Waals surface area contributed by atoms with Gasteiger partial charge >= 0.3 is 0 Å². The second-order valence-corrected chi connectivity index (χ2v) is 5.35. The van der Waals surface area contributed by atoms with Crippen molar-refractivity contribution < 1.29 is 4.79 Å². The summed E-state index contributed by atoms with van der Waals surface area (Å²) in [4.78, 5) is 16.4. The van der Waals surface area contributed by atoms with E-state index in [4.69, 9.17) is 11.6 Å². The summed E-state index contributed by atoms with van der Waals surface area (Å²) in [6.07, 6.45) is 0.853. The maximum atomic E-state index is 11.9. The van der Waals surface area contributed by atoms with Crippen LogP contribution in [0.25, 0.3) is 0 Å². The van der Waals surface area contributed by atoms with Gasteiger partial charge in [0.2, 0.25) is 5.91 Å². The van der Waals surface area contributed by atoms with Crippen molar-refractivity contribution in [1.82, 2.24) is 0 Å². The number of aliphatic imine (C=N–C) groups is 1. The average Bonchev–Trinajstić information content (AvgIpc) is 2.65. The third-order valence-corrected chi connectivity index (χ3v) is 3.77. The van der Waals surface area contributed by atoms with E-state index in [1.807, 2.05) is 42.5 Å². The van der Waals surface area contributed by atoms with Crippen molar-refractivity contribution in [3.8, 4) is 0 Å². The van der Waals surface area contributed by atoms with Crippen molar-refractivity contribution in [1.29, 1.82) is 0 Å². The third-order valence-electron chi connectivity index (χ3n) is 3.53. The Kier molecular flexibility index (Phi) is 3.76. The van der Waals surface area contributed by atoms with Crippen molar-refractivity contribution in [3.63, 3.8) is 0 Å². The topological polar surface area (TPSA) is 41.5 Å². The number of nitrogens with one attached hydrogen (secondary N) is 1. The zero-order valence-electron chi connectivity index (χ0n) is 11.7. The summed E-state index contributed by atoms with van der Waals surface area (Å²) in [5.74, 6) is -0.0887. The molecular weight excluding hydrogens is 284 g/mol. The quantitative estimate of drug-likeness (QED) is 0.902. The number of carbonyl (C=O) groups excluding carboxylic acids is 1. The van der Waals surface area contributed by atoms with E-state index < -0.39 is 0 Å². The molecule has 0 fully saturated rings. The Morgan fingerprint density at radius 1 is 1.24 bits per heavy atom. The summed E-state index contributed by atoms with van der Waals surface area (Å²) in [6, 6.07) is 13.6. The molecule has 1 amide bonds. The highest BCUT2D eigenvalue weighted by Crippen LogP contribution is 2.27. The summed E-state index contributed by atoms with van der Waals surface area (Å²) < 4.78 is 0. The summed E-state index contributed by atoms with van der Waals surface area (Å²) in [5.41, 5.74) is 4.65. The summed E-state index contributed by atoms with van der Waals surface area (Å²) >= 11 is 6.08. The first-order chi connectivity index (χ1) is 10.2. The van der Waals surface area contributed by atoms with Gasteiger partial charge in [0.25, 0.3) is 0 Å². The van der Waals surface area contributed by atoms with E-state index in [0.29, 0.717) is 5.02 Å². The molecule has 0 aliphatic carbocycles. The van der Waals surface area contributed by atoms with Crippen LogP contribution in [0.3, 0.4) is 0 Å². The molecule has 1 aliphatic rings. The van der Waals surface area contributed by atoms with Crippen molar-refractivity contribution >= 4 is 28.9 Å². The van der Waals surface area contributed by atoms with Crippen molar-refractivity contribution in [2.24, 2.45) is 4.99 Å². The van der Waals surface area contributed by atoms with E-state index in [0.717, 1.165) is 34.5 Å². The highest BCUT2D eigenvalue weighted by molar-refractivity contribution is 6.31. The molecule has 21 heavy (non-hydrogen) atoms. The first-order valence-corrected chi connectivity index (χ1v) is 7.29. The Hall–Kier alpha value is -2.13. The summed E-state index contributed by atoms with van der Waals surface area (Å²) in [7, 11) is 0. The van der Waals surface area contributed by atoms with E-state index in [-0.39, 0.29) is 12.5 Å². The number of aryl methyl sites for hydroxylation is 1. The standard InChI is InChI=1S/C17H15ClN2O/c1-2-11-5-4-8-14-16(12-6-3-7-13(18)9-12)19-10-15(21)20-17(11)14/h3-9H,2,10H2,1H3,(H,20,21). The number of rotatable bonds is 2. The molecule has 0 radical (unpaired) electrons. The number of amides is 1. The molecule has 3 nitrogen and oxygen atoms in total. The van der Waals surface area contributed by atoms with E-state index in [9.17, 15) is 4.79 Å². The maximum Gasteiger partial charge on any atom is 0.246 e. The number of para-hydroxylation sites is 1. The number of benzene rings is 2. The number of anilines is 1. The van der Waals surface area contributed by atoms with E-state index in [1.165, 1.54) is 0 Å². The van der Waals surface area contributed by atoms with Crippen LogP contribution < -0.4 is 5.32 Å². The lowest BCUT2D eigenvalue weighted by atomic mass is 9.97. The van der Waals surface area contributed by atoms with Crippen LogP contribution in [0.2, 0.25) is 5.02 Å². The van der Waals surface area contributed by atoms with Crippen LogP contribution in [0.1, 0.15) is 23.6 Å². The van der Waals surface area contributed by atoms with Gasteiger partial charge in [-0.3, -0.25) is 9.79 Å². The predicted octanol–water partition coefficient (Wildman–Crippen LogP) is 3.69. The Morgan fingerprint density at radius 2 is 2.05 bits per heavy atom. The van der Waals surface area contributed by atoms with Gasteiger partial charge in [0.15, 0.2) is 0 Å². The van der Waals surface area contributed by atoms with Gasteiger partial charge in [-0.1, -0.05) is 48.9 Å². The number of hydrogen-bond donors (Lipinski definition) is 1. The van der Waals surface area contributed by atoms with E-state index in [2.05, 4.69) is 17.2 Å². The van der Waals surface area contributed by atoms with Crippen molar-refractivity contribution in [2.75, 3.05) is 11.9 Å². The molecule has 0 aromatic heterocycles. The number of benzodiazepines with no additional fused rings is 1. The van der Waals surface area contributed by atoms with Crippen LogP contribution in [0, 0.1) is 0 Å². The van der Waals surface area contributed by atoms with Gasteiger partial charge in [-0.2, -0.15) is 0 Å². The smallest absolute Gasteiger partial charge is 0.246 e. The molecule has 2 aromatic rings. The third kappa shape index (κ3) is 2.69. The molecule has 1 N–H and O–H groups in total. The van der Waals surface area contributed by atoms with Gasteiger partial charge < -0.3 is 5.32 Å². The summed E-state index contributed by atoms with van der Waals surface area (Å²) in [5, 5.41) is 3.63. The number of hydrogen-bond acceptors (Lipinski definition) is 2. The van der Waals surface area contributed by atoms with Crippen LogP contribution in [0.5, 0.6) is 0 Å². The second-order valence-electron chi connectivity index (χ2n) is 4.92. The Morgan fingerprint density at radius 3 is 2.81 bits per heavy atom. The minimum Gasteiger partial charge on any atom is -0.324 e. The van der Waals surface area contributed by atoms with Crippen LogP contribution >= 0.6 is 11.6 Å². The molecule has 3 rings (SSSR count). The molecule has 0 unspecified atom stereocenters. The maximum absolute atomic E-state index is 11.9. The van der Waals surface area contributed by atoms with Crippen LogP contribution in [-0.2, 0) is 11.2 Å². The predicted molar refractivity (Wildman–Crippen MR) is 86.4 cm³/mol. The minimum atomic E-state index is -0.0887. The first-order valence-electron chi connectivity index (χ1n) is 6.91. The lowest BCUT2D eigenvalue weighted by molar-refractivity contribution is -0.114. The van der Waals surface area contributed by atoms with Crippen LogP contribution in [0.15, 0.2) is 47.5 Å². The van der Waals surface area contributed by atoms with Gasteiger partial charge in [0.05, 0.1) is 11.4 Å². The van der Waals surface area contributed by atoms with Crippen LogP contribution in [-0.4, -0.2) is 18.2 Å². The number of nitrogens with zero attached hydrogens (tertiary/aromatic N) is 1. The zero-order chi connectivity index (χ0) is 14.8. The monoisotopic (exact) mass is 298 g/mol. The number of carbonyl (C=O) groups is 1. The molecule has 1 aliphatic heterocycles. The van der Waals surface area contributed by atoms with Crippen molar-refractivity contribution in [2.45, 2.75) is 13.3 Å². The average molecular weight is 299 g/mol. The molecule has 1 heterocycles. The lowest BCUT2D eigenvalue weighted by Gasteiger charge is -2.13. The van der Waals surface area contributed by atoms with Gasteiger partial charge in [0.1, 0.15) is 6.54 Å². The normalized spacial score (nSPS) is 14.0. The van der Waals surface area contributed by atoms with Gasteiger partial charge in [-0.25, -0.2) is 0 Å². The van der Waals surface area contributed by atoms with Gasteiger partial charge in [-0.15, -0.1) is 0 Å². The van der Waals surface area contributed by atoms with E-state index in [1.54, 1.807) is 0 Å². The van der Waals surface area contributed by atoms with Crippen LogP contribution in [0.4, 0.5) is 5.69 Å². The molecule has 4 heteroatoms. The Balaban J connectivity index is 2.21. The molecular formula is C17H15ClN2O. The molecule has 106 valence electrons. The highest BCUT2D eigenvalue weighted by Gasteiger charge is 2.19. The number of fused-ring (bicyclic) bond motifs is 1. The van der Waals surface area contributed by atoms with E-state index >= 15 is 0 Å². The van der Waals surface area contributed by atoms with Gasteiger partial charge in [0, 0.05) is 16.1 Å².